The van der Waals surface area contributed by atoms with Crippen LogP contribution in [0.25, 0.3) is 22.3 Å². The Morgan fingerprint density at radius 1 is 0.545 bits per heavy atom. The molecule has 0 fully saturated rings. The predicted molar refractivity (Wildman–Crippen MR) is 102 cm³/mol. The Kier molecular flexibility index (Phi) is 4.23. The van der Waals surface area contributed by atoms with E-state index in [2.05, 4.69) is 44.0 Å². The second-order valence-corrected chi connectivity index (χ2v) is 6.76. The topological polar surface area (TPSA) is 52.0 Å². The highest BCUT2D eigenvalue weighted by Gasteiger charge is 2.10. The summed E-state index contributed by atoms with van der Waals surface area (Å²) in [4.78, 5) is 0. The van der Waals surface area contributed by atoms with Crippen molar-refractivity contribution in [1.29, 1.82) is 0 Å². The highest BCUT2D eigenvalue weighted by molar-refractivity contribution is 9.11. The number of benzene rings is 3. The summed E-state index contributed by atoms with van der Waals surface area (Å²) in [5.74, 6) is 0. The summed E-state index contributed by atoms with van der Waals surface area (Å²) in [6.45, 7) is 0. The number of nitrogens with two attached hydrogens (primary N) is 2. The summed E-state index contributed by atoms with van der Waals surface area (Å²) in [7, 11) is 0. The van der Waals surface area contributed by atoms with Crippen LogP contribution in [0.2, 0.25) is 0 Å². The molecule has 3 aromatic rings. The van der Waals surface area contributed by atoms with E-state index in [9.17, 15) is 0 Å². The highest BCUT2D eigenvalue weighted by Crippen LogP contribution is 2.38. The molecule has 110 valence electrons. The maximum absolute atomic E-state index is 5.77. The molecule has 0 aliphatic carbocycles. The van der Waals surface area contributed by atoms with E-state index >= 15 is 0 Å². The zero-order valence-corrected chi connectivity index (χ0v) is 14.9. The molecule has 0 saturated carbocycles. The summed E-state index contributed by atoms with van der Waals surface area (Å²) < 4.78 is 2.06. The normalized spacial score (nSPS) is 10.6. The number of hydrogen-bond acceptors (Lipinski definition) is 2. The third-order valence-corrected chi connectivity index (χ3v) is 4.81. The van der Waals surface area contributed by atoms with Crippen LogP contribution < -0.4 is 11.5 Å². The molecule has 3 aromatic carbocycles. The van der Waals surface area contributed by atoms with E-state index in [4.69, 9.17) is 11.5 Å². The van der Waals surface area contributed by atoms with Crippen LogP contribution in [0.4, 0.5) is 11.4 Å². The van der Waals surface area contributed by atoms with Crippen LogP contribution in [0.5, 0.6) is 0 Å². The zero-order chi connectivity index (χ0) is 15.7. The van der Waals surface area contributed by atoms with Gasteiger partial charge in [0.2, 0.25) is 0 Å². The molecular formula is C18H14Br2N2. The van der Waals surface area contributed by atoms with Gasteiger partial charge in [-0.25, -0.2) is 0 Å². The van der Waals surface area contributed by atoms with Gasteiger partial charge < -0.3 is 11.5 Å². The van der Waals surface area contributed by atoms with Gasteiger partial charge in [0, 0.05) is 20.3 Å². The highest BCUT2D eigenvalue weighted by atomic mass is 79.9. The summed E-state index contributed by atoms with van der Waals surface area (Å²) in [5.41, 5.74) is 17.5. The number of anilines is 2. The average molecular weight is 418 g/mol. The molecule has 4 N–H and O–H groups in total. The van der Waals surface area contributed by atoms with Gasteiger partial charge in [-0.2, -0.15) is 0 Å². The lowest BCUT2D eigenvalue weighted by Crippen LogP contribution is -1.88. The minimum Gasteiger partial charge on any atom is -0.399 e. The Morgan fingerprint density at radius 2 is 0.909 bits per heavy atom. The second-order valence-electron chi connectivity index (χ2n) is 5.06. The molecule has 0 aliphatic rings. The Morgan fingerprint density at radius 3 is 1.27 bits per heavy atom. The molecule has 0 aliphatic heterocycles. The average Bonchev–Trinajstić information content (AvgIpc) is 2.50. The zero-order valence-electron chi connectivity index (χ0n) is 11.7. The Bertz CT molecular complexity index is 743. The van der Waals surface area contributed by atoms with Crippen LogP contribution in [0, 0.1) is 0 Å². The summed E-state index contributed by atoms with van der Waals surface area (Å²) >= 11 is 7.28. The van der Waals surface area contributed by atoms with E-state index < -0.39 is 0 Å². The maximum atomic E-state index is 5.77. The van der Waals surface area contributed by atoms with Gasteiger partial charge in [0.1, 0.15) is 0 Å². The van der Waals surface area contributed by atoms with Crippen molar-refractivity contribution in [3.63, 3.8) is 0 Å². The molecule has 0 atom stereocenters. The summed E-state index contributed by atoms with van der Waals surface area (Å²) in [6.07, 6.45) is 0. The summed E-state index contributed by atoms with van der Waals surface area (Å²) in [6, 6.07) is 20.0. The first-order valence-electron chi connectivity index (χ1n) is 6.75. The van der Waals surface area contributed by atoms with Crippen molar-refractivity contribution in [2.75, 3.05) is 11.5 Å². The van der Waals surface area contributed by atoms with Gasteiger partial charge in [-0.15, -0.1) is 0 Å². The third-order valence-electron chi connectivity index (χ3n) is 3.50. The first-order chi connectivity index (χ1) is 10.5. The van der Waals surface area contributed by atoms with Gasteiger partial charge in [0.25, 0.3) is 0 Å². The monoisotopic (exact) mass is 416 g/mol. The molecular weight excluding hydrogens is 404 g/mol. The van der Waals surface area contributed by atoms with Crippen molar-refractivity contribution in [3.8, 4) is 22.3 Å². The van der Waals surface area contributed by atoms with Crippen molar-refractivity contribution in [2.24, 2.45) is 0 Å². The fourth-order valence-corrected chi connectivity index (χ4v) is 3.77. The minimum atomic E-state index is 0.760. The van der Waals surface area contributed by atoms with Crippen LogP contribution in [0.15, 0.2) is 69.6 Å². The van der Waals surface area contributed by atoms with Crippen molar-refractivity contribution >= 4 is 43.2 Å². The van der Waals surface area contributed by atoms with Crippen LogP contribution in [-0.4, -0.2) is 0 Å². The van der Waals surface area contributed by atoms with Gasteiger partial charge in [-0.3, -0.25) is 0 Å². The number of hydrogen-bond donors (Lipinski definition) is 2. The van der Waals surface area contributed by atoms with Crippen LogP contribution in [0.1, 0.15) is 0 Å². The van der Waals surface area contributed by atoms with E-state index in [1.54, 1.807) is 0 Å². The lowest BCUT2D eigenvalue weighted by molar-refractivity contribution is 1.53. The smallest absolute Gasteiger partial charge is 0.0314 e. The fourth-order valence-electron chi connectivity index (χ4n) is 2.32. The lowest BCUT2D eigenvalue weighted by Gasteiger charge is -2.12. The molecule has 4 heteroatoms. The van der Waals surface area contributed by atoms with E-state index in [0.717, 1.165) is 42.6 Å². The second kappa shape index (κ2) is 6.15. The standard InChI is InChI=1S/C18H14Br2N2/c19-17-10-18(20)16(12-3-7-14(22)8-4-12)9-15(17)11-1-5-13(21)6-2-11/h1-10H,21-22H2. The minimum absolute atomic E-state index is 0.760. The van der Waals surface area contributed by atoms with Gasteiger partial charge in [0.15, 0.2) is 0 Å². The third kappa shape index (κ3) is 3.03. The van der Waals surface area contributed by atoms with Crippen molar-refractivity contribution in [3.05, 3.63) is 69.6 Å². The molecule has 0 unspecified atom stereocenters. The van der Waals surface area contributed by atoms with E-state index in [1.807, 2.05) is 48.5 Å². The molecule has 0 bridgehead atoms. The van der Waals surface area contributed by atoms with E-state index in [-0.39, 0.29) is 0 Å². The van der Waals surface area contributed by atoms with Crippen LogP contribution >= 0.6 is 31.9 Å². The molecule has 0 spiro atoms. The van der Waals surface area contributed by atoms with E-state index in [0.29, 0.717) is 0 Å². The molecule has 0 saturated heterocycles. The Hall–Kier alpha value is -1.78. The van der Waals surface area contributed by atoms with Crippen LogP contribution in [0.3, 0.4) is 0 Å². The first kappa shape index (κ1) is 15.1. The molecule has 0 heterocycles. The predicted octanol–water partition coefficient (Wildman–Crippen LogP) is 5.71. The number of halogens is 2. The van der Waals surface area contributed by atoms with Crippen molar-refractivity contribution in [1.82, 2.24) is 0 Å². The Labute approximate surface area is 146 Å². The maximum Gasteiger partial charge on any atom is 0.0314 e. The summed E-state index contributed by atoms with van der Waals surface area (Å²) in [5, 5.41) is 0. The molecule has 22 heavy (non-hydrogen) atoms. The number of rotatable bonds is 2. The first-order valence-corrected chi connectivity index (χ1v) is 8.34. The molecule has 3 rings (SSSR count). The SMILES string of the molecule is Nc1ccc(-c2cc(-c3ccc(N)cc3)c(Br)cc2Br)cc1. The quantitative estimate of drug-likeness (QED) is 0.524. The molecule has 0 amide bonds. The molecule has 0 aromatic heterocycles. The van der Waals surface area contributed by atoms with E-state index in [1.165, 1.54) is 0 Å². The van der Waals surface area contributed by atoms with Gasteiger partial charge in [-0.1, -0.05) is 56.1 Å². The van der Waals surface area contributed by atoms with Gasteiger partial charge in [-0.05, 0) is 58.7 Å². The largest absolute Gasteiger partial charge is 0.399 e. The van der Waals surface area contributed by atoms with Crippen molar-refractivity contribution < 1.29 is 0 Å². The van der Waals surface area contributed by atoms with Gasteiger partial charge >= 0.3 is 0 Å². The molecule has 0 radical (unpaired) electrons. The van der Waals surface area contributed by atoms with Gasteiger partial charge in [0.05, 0.1) is 0 Å². The van der Waals surface area contributed by atoms with Crippen molar-refractivity contribution in [2.45, 2.75) is 0 Å². The molecule has 2 nitrogen and oxygen atoms in total. The fraction of sp³-hybridized carbons (Fsp3) is 0. The lowest BCUT2D eigenvalue weighted by atomic mass is 9.99. The van der Waals surface area contributed by atoms with Crippen LogP contribution in [-0.2, 0) is 0 Å². The number of nitrogen functional groups attached to an aromatic ring is 2. The Balaban J connectivity index is 2.14.